The number of carbonyl (C=O) groups is 2. The van der Waals surface area contributed by atoms with E-state index in [1.807, 2.05) is 9.80 Å². The Bertz CT molecular complexity index is 1210. The van der Waals surface area contributed by atoms with Crippen molar-refractivity contribution in [1.29, 1.82) is 0 Å². The molecule has 2 fully saturated rings. The maximum Gasteiger partial charge on any atom is 0.265 e. The highest BCUT2D eigenvalue weighted by atomic mass is 32.2. The summed E-state index contributed by atoms with van der Waals surface area (Å²) in [5, 5.41) is 1.06. The van der Waals surface area contributed by atoms with Crippen LogP contribution in [0.1, 0.15) is 34.5 Å². The Labute approximate surface area is 219 Å². The lowest BCUT2D eigenvalue weighted by molar-refractivity contribution is -0.127. The number of carbonyl (C=O) groups excluding carboxylic acids is 2. The lowest BCUT2D eigenvalue weighted by Crippen LogP contribution is -2.39. The molecule has 0 N–H and O–H groups in total. The molecule has 5 rings (SSSR count). The minimum Gasteiger partial charge on any atom is -0.378 e. The SMILES string of the molecule is CSc1ccc2cc(CN(CCCN3CCCC3=O)C(=O)c3cncs3)c(N3CCOCC3)nc2c1. The zero-order chi connectivity index (χ0) is 24.9. The van der Waals surface area contributed by atoms with E-state index in [0.717, 1.165) is 54.8 Å². The second-order valence-electron chi connectivity index (χ2n) is 9.06. The molecule has 0 atom stereocenters. The topological polar surface area (TPSA) is 78.9 Å². The third-order valence-electron chi connectivity index (χ3n) is 6.71. The van der Waals surface area contributed by atoms with Crippen molar-refractivity contribution in [3.63, 3.8) is 0 Å². The van der Waals surface area contributed by atoms with Crippen LogP contribution in [-0.2, 0) is 16.1 Å². The van der Waals surface area contributed by atoms with Crippen LogP contribution in [0.15, 0.2) is 40.9 Å². The van der Waals surface area contributed by atoms with E-state index in [1.165, 1.54) is 16.2 Å². The van der Waals surface area contributed by atoms with Gasteiger partial charge in [0.25, 0.3) is 5.91 Å². The molecular weight excluding hydrogens is 494 g/mol. The van der Waals surface area contributed by atoms with Crippen LogP contribution in [0.5, 0.6) is 0 Å². The standard InChI is InChI=1S/C26H31N5O3S2/c1-35-21-6-5-19-14-20(25(28-22(19)15-21)30-10-12-34-13-11-30)17-31(26(33)23-16-27-18-36-23)9-3-8-29-7-2-4-24(29)32/h5-6,14-16,18H,2-4,7-13,17H2,1H3. The lowest BCUT2D eigenvalue weighted by atomic mass is 10.1. The number of amides is 2. The molecule has 0 unspecified atom stereocenters. The lowest BCUT2D eigenvalue weighted by Gasteiger charge is -2.31. The molecule has 2 aliphatic rings. The predicted molar refractivity (Wildman–Crippen MR) is 144 cm³/mol. The number of hydrogen-bond acceptors (Lipinski definition) is 8. The zero-order valence-electron chi connectivity index (χ0n) is 20.5. The highest BCUT2D eigenvalue weighted by molar-refractivity contribution is 7.98. The second kappa shape index (κ2) is 11.6. The molecule has 36 heavy (non-hydrogen) atoms. The van der Waals surface area contributed by atoms with Crippen LogP contribution in [-0.4, -0.2) is 83.8 Å². The highest BCUT2D eigenvalue weighted by Crippen LogP contribution is 2.29. The minimum absolute atomic E-state index is 0.0315. The normalized spacial score (nSPS) is 16.2. The van der Waals surface area contributed by atoms with Gasteiger partial charge in [-0.15, -0.1) is 23.1 Å². The van der Waals surface area contributed by atoms with E-state index in [-0.39, 0.29) is 11.8 Å². The molecular formula is C26H31N5O3S2. The molecule has 8 nitrogen and oxygen atoms in total. The Kier molecular flexibility index (Phi) is 8.03. The van der Waals surface area contributed by atoms with Crippen molar-refractivity contribution < 1.29 is 14.3 Å². The molecule has 10 heteroatoms. The Morgan fingerprint density at radius 1 is 1.22 bits per heavy atom. The molecule has 2 amide bonds. The number of pyridine rings is 1. The van der Waals surface area contributed by atoms with E-state index in [2.05, 4.69) is 40.4 Å². The number of benzene rings is 1. The summed E-state index contributed by atoms with van der Waals surface area (Å²) < 4.78 is 5.59. The van der Waals surface area contributed by atoms with Crippen molar-refractivity contribution in [3.8, 4) is 0 Å². The van der Waals surface area contributed by atoms with Crippen molar-refractivity contribution in [1.82, 2.24) is 19.8 Å². The molecule has 4 heterocycles. The van der Waals surface area contributed by atoms with Gasteiger partial charge in [-0.3, -0.25) is 14.6 Å². The first-order chi connectivity index (χ1) is 17.6. The van der Waals surface area contributed by atoms with Gasteiger partial charge >= 0.3 is 0 Å². The zero-order valence-corrected chi connectivity index (χ0v) is 22.2. The number of aromatic nitrogens is 2. The number of hydrogen-bond donors (Lipinski definition) is 0. The van der Waals surface area contributed by atoms with E-state index in [9.17, 15) is 9.59 Å². The summed E-state index contributed by atoms with van der Waals surface area (Å²) in [6, 6.07) is 8.52. The summed E-state index contributed by atoms with van der Waals surface area (Å²) in [4.78, 5) is 42.6. The molecule has 0 aliphatic carbocycles. The Morgan fingerprint density at radius 2 is 2.08 bits per heavy atom. The van der Waals surface area contributed by atoms with E-state index >= 15 is 0 Å². The van der Waals surface area contributed by atoms with Crippen molar-refractivity contribution in [2.45, 2.75) is 30.7 Å². The van der Waals surface area contributed by atoms with Gasteiger partial charge in [0.05, 0.1) is 30.4 Å². The molecule has 2 aromatic heterocycles. The van der Waals surface area contributed by atoms with Gasteiger partial charge < -0.3 is 19.4 Å². The van der Waals surface area contributed by atoms with Gasteiger partial charge in [0.15, 0.2) is 0 Å². The quantitative estimate of drug-likeness (QED) is 0.392. The van der Waals surface area contributed by atoms with Crippen LogP contribution in [0, 0.1) is 0 Å². The number of thioether (sulfide) groups is 1. The number of morpholine rings is 1. The van der Waals surface area contributed by atoms with Crippen LogP contribution in [0.3, 0.4) is 0 Å². The average Bonchev–Trinajstić information content (AvgIpc) is 3.60. The smallest absolute Gasteiger partial charge is 0.265 e. The number of likely N-dealkylation sites (tertiary alicyclic amines) is 1. The molecule has 0 spiro atoms. The third-order valence-corrected chi connectivity index (χ3v) is 8.20. The van der Waals surface area contributed by atoms with Crippen molar-refractivity contribution in [2.24, 2.45) is 0 Å². The van der Waals surface area contributed by atoms with Gasteiger partial charge in [-0.05, 0) is 37.3 Å². The van der Waals surface area contributed by atoms with Crippen molar-refractivity contribution in [3.05, 3.63) is 46.4 Å². The summed E-state index contributed by atoms with van der Waals surface area (Å²) in [5.41, 5.74) is 3.67. The maximum absolute atomic E-state index is 13.5. The summed E-state index contributed by atoms with van der Waals surface area (Å²) in [5.74, 6) is 1.10. The predicted octanol–water partition coefficient (Wildman–Crippen LogP) is 3.90. The third kappa shape index (κ3) is 5.66. The average molecular weight is 526 g/mol. The number of fused-ring (bicyclic) bond motifs is 1. The number of anilines is 1. The number of rotatable bonds is 9. The van der Waals surface area contributed by atoms with Crippen molar-refractivity contribution >= 4 is 51.6 Å². The van der Waals surface area contributed by atoms with Gasteiger partial charge in [0, 0.05) is 61.5 Å². The van der Waals surface area contributed by atoms with Crippen LogP contribution in [0.4, 0.5) is 5.82 Å². The van der Waals surface area contributed by atoms with Gasteiger partial charge in [-0.1, -0.05) is 6.07 Å². The molecule has 2 saturated heterocycles. The molecule has 0 radical (unpaired) electrons. The Hall–Kier alpha value is -2.69. The first-order valence-corrected chi connectivity index (χ1v) is 14.5. The monoisotopic (exact) mass is 525 g/mol. The van der Waals surface area contributed by atoms with Crippen LogP contribution >= 0.6 is 23.1 Å². The van der Waals surface area contributed by atoms with Gasteiger partial charge in [-0.25, -0.2) is 4.98 Å². The molecule has 2 aliphatic heterocycles. The van der Waals surface area contributed by atoms with Gasteiger partial charge in [0.1, 0.15) is 10.7 Å². The number of ether oxygens (including phenoxy) is 1. The van der Waals surface area contributed by atoms with E-state index in [0.29, 0.717) is 44.1 Å². The Balaban J connectivity index is 1.44. The first-order valence-electron chi connectivity index (χ1n) is 12.4. The highest BCUT2D eigenvalue weighted by Gasteiger charge is 2.24. The van der Waals surface area contributed by atoms with Crippen LogP contribution in [0.2, 0.25) is 0 Å². The summed E-state index contributed by atoms with van der Waals surface area (Å²) >= 11 is 3.06. The molecule has 0 bridgehead atoms. The van der Waals surface area contributed by atoms with Crippen LogP contribution < -0.4 is 4.90 Å². The second-order valence-corrected chi connectivity index (χ2v) is 10.8. The van der Waals surface area contributed by atoms with E-state index < -0.39 is 0 Å². The van der Waals surface area contributed by atoms with Gasteiger partial charge in [0.2, 0.25) is 5.91 Å². The van der Waals surface area contributed by atoms with Crippen molar-refractivity contribution in [2.75, 3.05) is 57.1 Å². The number of thiazole rings is 1. The summed E-state index contributed by atoms with van der Waals surface area (Å²) in [6.07, 6.45) is 5.99. The molecule has 1 aromatic carbocycles. The van der Waals surface area contributed by atoms with E-state index in [1.54, 1.807) is 23.5 Å². The fourth-order valence-electron chi connectivity index (χ4n) is 4.80. The summed E-state index contributed by atoms with van der Waals surface area (Å²) in [6.45, 7) is 5.37. The molecule has 190 valence electrons. The fourth-order valence-corrected chi connectivity index (χ4v) is 5.82. The maximum atomic E-state index is 13.5. The number of nitrogens with zero attached hydrogens (tertiary/aromatic N) is 5. The summed E-state index contributed by atoms with van der Waals surface area (Å²) in [7, 11) is 0. The Morgan fingerprint density at radius 3 is 2.81 bits per heavy atom. The first kappa shape index (κ1) is 25.0. The van der Waals surface area contributed by atoms with Gasteiger partial charge in [-0.2, -0.15) is 0 Å². The largest absolute Gasteiger partial charge is 0.378 e. The molecule has 0 saturated carbocycles. The molecule has 3 aromatic rings. The van der Waals surface area contributed by atoms with E-state index in [4.69, 9.17) is 9.72 Å². The fraction of sp³-hybridized carbons (Fsp3) is 0.462. The minimum atomic E-state index is -0.0315. The van der Waals surface area contributed by atoms with Crippen LogP contribution in [0.25, 0.3) is 10.9 Å².